The molecule has 2 aliphatic heterocycles. The molecule has 3 amide bonds. The predicted molar refractivity (Wildman–Crippen MR) is 98.8 cm³/mol. The Labute approximate surface area is 155 Å². The molecule has 8 heteroatoms. The summed E-state index contributed by atoms with van der Waals surface area (Å²) in [4.78, 5) is 46.9. The summed E-state index contributed by atoms with van der Waals surface area (Å²) in [7, 11) is 1.46. The van der Waals surface area contributed by atoms with E-state index in [1.54, 1.807) is 6.20 Å². The average molecular weight is 372 g/mol. The molecule has 0 unspecified atom stereocenters. The van der Waals surface area contributed by atoms with E-state index in [2.05, 4.69) is 16.0 Å². The number of amides is 3. The second-order valence-electron chi connectivity index (χ2n) is 6.82. The van der Waals surface area contributed by atoms with E-state index in [9.17, 15) is 14.4 Å². The molecular weight excluding hydrogens is 352 g/mol. The van der Waals surface area contributed by atoms with Crippen molar-refractivity contribution in [2.45, 2.75) is 30.4 Å². The Morgan fingerprint density at radius 2 is 2.27 bits per heavy atom. The minimum Gasteiger partial charge on any atom is -0.343 e. The first kappa shape index (κ1) is 17.1. The van der Waals surface area contributed by atoms with Gasteiger partial charge in [0.2, 0.25) is 11.8 Å². The van der Waals surface area contributed by atoms with Crippen LogP contribution in [0.2, 0.25) is 0 Å². The Morgan fingerprint density at radius 1 is 1.42 bits per heavy atom. The van der Waals surface area contributed by atoms with E-state index in [-0.39, 0.29) is 29.4 Å². The van der Waals surface area contributed by atoms with Crippen molar-refractivity contribution in [1.82, 2.24) is 19.8 Å². The van der Waals surface area contributed by atoms with Crippen LogP contribution in [0, 0.1) is 0 Å². The quantitative estimate of drug-likeness (QED) is 0.894. The number of hydrogen-bond acceptors (Lipinski definition) is 5. The molecule has 2 aromatic heterocycles. The normalized spacial score (nSPS) is 23.9. The van der Waals surface area contributed by atoms with E-state index in [1.165, 1.54) is 7.05 Å². The third-order valence-corrected chi connectivity index (χ3v) is 6.24. The number of piperidine rings is 1. The number of carbonyl (C=O) groups is 3. The molecule has 4 rings (SSSR count). The van der Waals surface area contributed by atoms with Gasteiger partial charge in [0.15, 0.2) is 0 Å². The first-order chi connectivity index (χ1) is 12.5. The summed E-state index contributed by atoms with van der Waals surface area (Å²) >= 11 is 0.950. The molecule has 2 aromatic rings. The lowest BCUT2D eigenvalue weighted by atomic mass is 9.94. The molecule has 2 fully saturated rings. The van der Waals surface area contributed by atoms with Crippen LogP contribution in [-0.4, -0.2) is 62.2 Å². The van der Waals surface area contributed by atoms with Crippen molar-refractivity contribution in [2.24, 2.45) is 0 Å². The van der Waals surface area contributed by atoms with Crippen LogP contribution in [-0.2, 0) is 9.59 Å². The SMILES string of the molecule is CN1C(=O)S[C@@H](CC(=O)N2CCC[C@H](c3cc4cccnc4[nH]3)C2)C1=O. The van der Waals surface area contributed by atoms with Crippen molar-refractivity contribution in [3.05, 3.63) is 30.1 Å². The van der Waals surface area contributed by atoms with Crippen LogP contribution >= 0.6 is 11.8 Å². The fourth-order valence-corrected chi connectivity index (χ4v) is 4.61. The number of rotatable bonds is 3. The predicted octanol–water partition coefficient (Wildman–Crippen LogP) is 2.35. The van der Waals surface area contributed by atoms with Gasteiger partial charge in [-0.05, 0) is 31.0 Å². The number of aromatic nitrogens is 2. The molecule has 0 radical (unpaired) electrons. The third kappa shape index (κ3) is 3.09. The van der Waals surface area contributed by atoms with Crippen molar-refractivity contribution in [3.63, 3.8) is 0 Å². The molecule has 7 nitrogen and oxygen atoms in total. The minimum absolute atomic E-state index is 0.0575. The van der Waals surface area contributed by atoms with Gasteiger partial charge in [-0.2, -0.15) is 0 Å². The third-order valence-electron chi connectivity index (χ3n) is 5.11. The van der Waals surface area contributed by atoms with Gasteiger partial charge in [-0.1, -0.05) is 11.8 Å². The number of thioether (sulfide) groups is 1. The number of H-pyrrole nitrogens is 1. The molecule has 2 atom stereocenters. The lowest BCUT2D eigenvalue weighted by molar-refractivity contribution is -0.135. The number of aromatic amines is 1. The molecule has 2 aliphatic rings. The van der Waals surface area contributed by atoms with Crippen molar-refractivity contribution in [2.75, 3.05) is 20.1 Å². The van der Waals surface area contributed by atoms with Crippen molar-refractivity contribution < 1.29 is 14.4 Å². The second-order valence-corrected chi connectivity index (χ2v) is 7.97. The lowest BCUT2D eigenvalue weighted by Crippen LogP contribution is -2.41. The second kappa shape index (κ2) is 6.75. The summed E-state index contributed by atoms with van der Waals surface area (Å²) in [5.41, 5.74) is 1.96. The summed E-state index contributed by atoms with van der Waals surface area (Å²) in [6.07, 6.45) is 3.77. The number of nitrogens with zero attached hydrogens (tertiary/aromatic N) is 3. The standard InChI is InChI=1S/C18H20N4O3S/c1-21-17(24)14(26-18(21)25)9-15(23)22-7-3-5-12(10-22)13-8-11-4-2-6-19-16(11)20-13/h2,4,6,8,12,14H,3,5,7,9-10H2,1H3,(H,19,20)/t12-,14-/m0/s1. The first-order valence-corrected chi connectivity index (χ1v) is 9.60. The Hall–Kier alpha value is -2.35. The minimum atomic E-state index is -0.586. The van der Waals surface area contributed by atoms with Crippen molar-refractivity contribution >= 4 is 39.8 Å². The highest BCUT2D eigenvalue weighted by molar-refractivity contribution is 8.15. The molecule has 2 saturated heterocycles. The summed E-state index contributed by atoms with van der Waals surface area (Å²) in [5, 5.41) is 0.202. The molecule has 0 aliphatic carbocycles. The largest absolute Gasteiger partial charge is 0.343 e. The van der Waals surface area contributed by atoms with E-state index in [0.717, 1.165) is 46.2 Å². The van der Waals surface area contributed by atoms with Gasteiger partial charge >= 0.3 is 0 Å². The molecule has 0 saturated carbocycles. The van der Waals surface area contributed by atoms with Gasteiger partial charge in [0.25, 0.3) is 5.24 Å². The van der Waals surface area contributed by atoms with E-state index in [1.807, 2.05) is 17.0 Å². The van der Waals surface area contributed by atoms with E-state index < -0.39 is 5.25 Å². The lowest BCUT2D eigenvalue weighted by Gasteiger charge is -2.32. The van der Waals surface area contributed by atoms with Gasteiger partial charge in [0.1, 0.15) is 10.9 Å². The van der Waals surface area contributed by atoms with Crippen LogP contribution < -0.4 is 0 Å². The van der Waals surface area contributed by atoms with E-state index in [0.29, 0.717) is 13.1 Å². The maximum atomic E-state index is 12.7. The van der Waals surface area contributed by atoms with Gasteiger partial charge in [0.05, 0.1) is 0 Å². The van der Waals surface area contributed by atoms with E-state index >= 15 is 0 Å². The Morgan fingerprint density at radius 3 is 3.00 bits per heavy atom. The maximum Gasteiger partial charge on any atom is 0.288 e. The first-order valence-electron chi connectivity index (χ1n) is 8.72. The van der Waals surface area contributed by atoms with Gasteiger partial charge in [0, 0.05) is 49.8 Å². The van der Waals surface area contributed by atoms with Crippen LogP contribution in [0.15, 0.2) is 24.4 Å². The number of pyridine rings is 1. The van der Waals surface area contributed by atoms with Gasteiger partial charge in [-0.15, -0.1) is 0 Å². The highest BCUT2D eigenvalue weighted by Crippen LogP contribution is 2.31. The fourth-order valence-electron chi connectivity index (χ4n) is 3.63. The maximum absolute atomic E-state index is 12.7. The number of nitrogens with one attached hydrogen (secondary N) is 1. The molecule has 26 heavy (non-hydrogen) atoms. The topological polar surface area (TPSA) is 86.4 Å². The van der Waals surface area contributed by atoms with Crippen molar-refractivity contribution in [1.29, 1.82) is 0 Å². The fraction of sp³-hybridized carbons (Fsp3) is 0.444. The van der Waals surface area contributed by atoms with Gasteiger partial charge in [-0.3, -0.25) is 19.3 Å². The number of hydrogen-bond donors (Lipinski definition) is 1. The highest BCUT2D eigenvalue weighted by atomic mass is 32.2. The summed E-state index contributed by atoms with van der Waals surface area (Å²) in [6.45, 7) is 1.32. The molecule has 4 heterocycles. The number of imide groups is 1. The van der Waals surface area contributed by atoms with Crippen LogP contribution in [0.1, 0.15) is 30.9 Å². The molecule has 0 spiro atoms. The molecule has 0 aromatic carbocycles. The number of likely N-dealkylation sites (tertiary alicyclic amines) is 1. The van der Waals surface area contributed by atoms with Gasteiger partial charge < -0.3 is 9.88 Å². The van der Waals surface area contributed by atoms with Crippen molar-refractivity contribution in [3.8, 4) is 0 Å². The molecular formula is C18H20N4O3S. The number of carbonyl (C=O) groups excluding carboxylic acids is 3. The van der Waals surface area contributed by atoms with Crippen LogP contribution in [0.5, 0.6) is 0 Å². The molecule has 136 valence electrons. The van der Waals surface area contributed by atoms with Crippen LogP contribution in [0.4, 0.5) is 4.79 Å². The zero-order chi connectivity index (χ0) is 18.3. The summed E-state index contributed by atoms with van der Waals surface area (Å²) in [6, 6.07) is 6.03. The highest BCUT2D eigenvalue weighted by Gasteiger charge is 2.39. The zero-order valence-electron chi connectivity index (χ0n) is 14.5. The van der Waals surface area contributed by atoms with Crippen LogP contribution in [0.25, 0.3) is 11.0 Å². The monoisotopic (exact) mass is 372 g/mol. The summed E-state index contributed by atoms with van der Waals surface area (Å²) < 4.78 is 0. The Bertz CT molecular complexity index is 847. The zero-order valence-corrected chi connectivity index (χ0v) is 15.3. The summed E-state index contributed by atoms with van der Waals surface area (Å²) in [5.74, 6) is -0.0976. The number of fused-ring (bicyclic) bond motifs is 1. The van der Waals surface area contributed by atoms with Gasteiger partial charge in [-0.25, -0.2) is 4.98 Å². The van der Waals surface area contributed by atoms with E-state index in [4.69, 9.17) is 0 Å². The average Bonchev–Trinajstić information content (AvgIpc) is 3.19. The Balaban J connectivity index is 1.44. The Kier molecular flexibility index (Phi) is 4.44. The smallest absolute Gasteiger partial charge is 0.288 e. The molecule has 0 bridgehead atoms. The molecule has 1 N–H and O–H groups in total. The van der Waals surface area contributed by atoms with Crippen LogP contribution in [0.3, 0.4) is 0 Å².